The zero-order valence-electron chi connectivity index (χ0n) is 11.7. The maximum absolute atomic E-state index is 11.6. The number of ether oxygens (including phenoxy) is 2. The summed E-state index contributed by atoms with van der Waals surface area (Å²) in [4.78, 5) is 22.6. The Morgan fingerprint density at radius 2 is 1.85 bits per heavy atom. The van der Waals surface area contributed by atoms with E-state index in [0.717, 1.165) is 0 Å². The molecule has 0 heterocycles. The van der Waals surface area contributed by atoms with Gasteiger partial charge in [0.2, 0.25) is 3.79 Å². The van der Waals surface area contributed by atoms with Gasteiger partial charge in [-0.2, -0.15) is 0 Å². The summed E-state index contributed by atoms with van der Waals surface area (Å²) in [5, 5.41) is 0. The van der Waals surface area contributed by atoms with Crippen LogP contribution in [-0.4, -0.2) is 28.9 Å². The minimum absolute atomic E-state index is 0.0413. The van der Waals surface area contributed by atoms with Gasteiger partial charge in [0.1, 0.15) is 0 Å². The highest BCUT2D eigenvalue weighted by Gasteiger charge is 2.61. The van der Waals surface area contributed by atoms with Crippen LogP contribution in [0, 0.1) is 17.3 Å². The second-order valence-electron chi connectivity index (χ2n) is 5.30. The van der Waals surface area contributed by atoms with Crippen LogP contribution in [0.2, 0.25) is 0 Å². The summed E-state index contributed by atoms with van der Waals surface area (Å²) >= 11 is 17.3. The lowest BCUT2D eigenvalue weighted by Gasteiger charge is -2.20. The van der Waals surface area contributed by atoms with Crippen molar-refractivity contribution in [2.75, 3.05) is 7.11 Å². The summed E-state index contributed by atoms with van der Waals surface area (Å²) < 4.78 is 7.93. The van der Waals surface area contributed by atoms with Crippen molar-refractivity contribution < 1.29 is 19.1 Å². The highest BCUT2D eigenvalue weighted by atomic mass is 35.6. The monoisotopic (exact) mass is 342 g/mol. The number of carbonyl (C=O) groups is 2. The maximum Gasteiger partial charge on any atom is 0.309 e. The normalized spacial score (nSPS) is 26.1. The lowest BCUT2D eigenvalue weighted by Crippen LogP contribution is -2.28. The summed E-state index contributed by atoms with van der Waals surface area (Å²) in [6, 6.07) is 0. The lowest BCUT2D eigenvalue weighted by atomic mass is 10.1. The van der Waals surface area contributed by atoms with Crippen molar-refractivity contribution in [2.45, 2.75) is 30.7 Å². The van der Waals surface area contributed by atoms with E-state index in [1.807, 2.05) is 13.8 Å². The standard InChI is InChI=1S/C13H17Cl3O4/c1-7(17)20-9(13(14,15)16)6-5-8-10(11(18)19-4)12(8,2)3/h5-6,8-10H,1-4H3/t8-,9?,10+/m1/s1. The van der Waals surface area contributed by atoms with E-state index in [1.165, 1.54) is 20.1 Å². The van der Waals surface area contributed by atoms with Gasteiger partial charge in [-0.05, 0) is 17.4 Å². The third-order valence-electron chi connectivity index (χ3n) is 3.47. The van der Waals surface area contributed by atoms with E-state index in [-0.39, 0.29) is 23.2 Å². The van der Waals surface area contributed by atoms with Gasteiger partial charge in [-0.1, -0.05) is 54.7 Å². The van der Waals surface area contributed by atoms with Crippen molar-refractivity contribution in [1.29, 1.82) is 0 Å². The van der Waals surface area contributed by atoms with Gasteiger partial charge >= 0.3 is 11.9 Å². The second kappa shape index (κ2) is 6.12. The minimum Gasteiger partial charge on any atom is -0.469 e. The SMILES string of the molecule is COC(=O)[C@@H]1[C@@H](C=CC(OC(C)=O)C(Cl)(Cl)Cl)C1(C)C. The molecule has 0 bridgehead atoms. The van der Waals surface area contributed by atoms with E-state index < -0.39 is 15.9 Å². The van der Waals surface area contributed by atoms with Crippen LogP contribution in [0.25, 0.3) is 0 Å². The van der Waals surface area contributed by atoms with E-state index in [0.29, 0.717) is 0 Å². The van der Waals surface area contributed by atoms with Crippen molar-refractivity contribution >= 4 is 46.7 Å². The van der Waals surface area contributed by atoms with Gasteiger partial charge in [-0.25, -0.2) is 0 Å². The van der Waals surface area contributed by atoms with Gasteiger partial charge in [0.25, 0.3) is 0 Å². The molecule has 0 amide bonds. The fourth-order valence-electron chi connectivity index (χ4n) is 2.23. The second-order valence-corrected chi connectivity index (χ2v) is 7.67. The quantitative estimate of drug-likeness (QED) is 0.446. The Balaban J connectivity index is 2.80. The van der Waals surface area contributed by atoms with Crippen LogP contribution in [0.3, 0.4) is 0 Å². The number of halogens is 3. The zero-order valence-corrected chi connectivity index (χ0v) is 13.9. The van der Waals surface area contributed by atoms with Crippen LogP contribution in [0.1, 0.15) is 20.8 Å². The van der Waals surface area contributed by atoms with Crippen LogP contribution < -0.4 is 0 Å². The molecule has 0 radical (unpaired) electrons. The molecule has 4 nitrogen and oxygen atoms in total. The molecule has 0 aromatic heterocycles. The fourth-order valence-corrected chi connectivity index (χ4v) is 2.58. The molecule has 0 aromatic rings. The number of hydrogen-bond acceptors (Lipinski definition) is 4. The average molecular weight is 344 g/mol. The van der Waals surface area contributed by atoms with Crippen molar-refractivity contribution in [3.8, 4) is 0 Å². The van der Waals surface area contributed by atoms with Gasteiger partial charge in [0.15, 0.2) is 6.10 Å². The number of carbonyl (C=O) groups excluding carboxylic acids is 2. The highest BCUT2D eigenvalue weighted by molar-refractivity contribution is 6.68. The molecule has 0 aromatic carbocycles. The zero-order chi connectivity index (χ0) is 15.7. The summed E-state index contributed by atoms with van der Waals surface area (Å²) in [5.74, 6) is -1.11. The Bertz CT molecular complexity index is 426. The van der Waals surface area contributed by atoms with Crippen LogP contribution >= 0.6 is 34.8 Å². The Kier molecular flexibility index (Phi) is 5.39. The first-order chi connectivity index (χ1) is 9.01. The van der Waals surface area contributed by atoms with Gasteiger partial charge in [-0.3, -0.25) is 9.59 Å². The topological polar surface area (TPSA) is 52.6 Å². The molecule has 114 valence electrons. The van der Waals surface area contributed by atoms with E-state index in [1.54, 1.807) is 6.08 Å². The van der Waals surface area contributed by atoms with Gasteiger partial charge in [-0.15, -0.1) is 0 Å². The molecule has 0 spiro atoms. The van der Waals surface area contributed by atoms with Gasteiger partial charge < -0.3 is 9.47 Å². The Morgan fingerprint density at radius 1 is 1.30 bits per heavy atom. The molecule has 1 rings (SSSR count). The average Bonchev–Trinajstić information content (AvgIpc) is 2.83. The fraction of sp³-hybridized carbons (Fsp3) is 0.692. The maximum atomic E-state index is 11.6. The Hall–Kier alpha value is -0.450. The molecule has 1 aliphatic carbocycles. The van der Waals surface area contributed by atoms with E-state index in [4.69, 9.17) is 44.3 Å². The van der Waals surface area contributed by atoms with Crippen LogP contribution in [-0.2, 0) is 19.1 Å². The molecule has 1 fully saturated rings. The first kappa shape index (κ1) is 17.6. The van der Waals surface area contributed by atoms with Crippen molar-refractivity contribution in [3.63, 3.8) is 0 Å². The predicted molar refractivity (Wildman–Crippen MR) is 77.8 cm³/mol. The molecular formula is C13H17Cl3O4. The molecule has 0 N–H and O–H groups in total. The number of methoxy groups -OCH3 is 1. The van der Waals surface area contributed by atoms with E-state index in [9.17, 15) is 9.59 Å². The third kappa shape index (κ3) is 4.03. The Morgan fingerprint density at radius 3 is 2.25 bits per heavy atom. The first-order valence-corrected chi connectivity index (χ1v) is 7.15. The van der Waals surface area contributed by atoms with Gasteiger partial charge in [0, 0.05) is 6.92 Å². The first-order valence-electron chi connectivity index (χ1n) is 6.02. The summed E-state index contributed by atoms with van der Waals surface area (Å²) in [7, 11) is 1.35. The summed E-state index contributed by atoms with van der Waals surface area (Å²) in [6.07, 6.45) is 2.24. The molecule has 1 unspecified atom stereocenters. The third-order valence-corrected chi connectivity index (χ3v) is 4.12. The highest BCUT2D eigenvalue weighted by Crippen LogP contribution is 2.59. The molecular weight excluding hydrogens is 326 g/mol. The molecule has 0 saturated heterocycles. The number of esters is 2. The van der Waals surface area contributed by atoms with Crippen LogP contribution in [0.15, 0.2) is 12.2 Å². The Labute approximate surface area is 133 Å². The smallest absolute Gasteiger partial charge is 0.309 e. The van der Waals surface area contributed by atoms with E-state index in [2.05, 4.69) is 0 Å². The van der Waals surface area contributed by atoms with Crippen molar-refractivity contribution in [3.05, 3.63) is 12.2 Å². The number of rotatable bonds is 4. The summed E-state index contributed by atoms with van der Waals surface area (Å²) in [5.41, 5.74) is -0.224. The lowest BCUT2D eigenvalue weighted by molar-refractivity contribution is -0.144. The van der Waals surface area contributed by atoms with Crippen LogP contribution in [0.4, 0.5) is 0 Å². The molecule has 7 heteroatoms. The largest absolute Gasteiger partial charge is 0.469 e. The van der Waals surface area contributed by atoms with E-state index >= 15 is 0 Å². The number of hydrogen-bond donors (Lipinski definition) is 0. The molecule has 1 saturated carbocycles. The van der Waals surface area contributed by atoms with Crippen molar-refractivity contribution in [1.82, 2.24) is 0 Å². The summed E-state index contributed by atoms with van der Waals surface area (Å²) in [6.45, 7) is 5.12. The number of allylic oxidation sites excluding steroid dienone is 1. The van der Waals surface area contributed by atoms with Gasteiger partial charge in [0.05, 0.1) is 13.0 Å². The molecule has 3 atom stereocenters. The molecule has 20 heavy (non-hydrogen) atoms. The predicted octanol–water partition coefficient (Wildman–Crippen LogP) is 3.29. The minimum atomic E-state index is -1.76. The molecule has 0 aliphatic heterocycles. The molecule has 1 aliphatic rings. The number of alkyl halides is 3. The van der Waals surface area contributed by atoms with Crippen LogP contribution in [0.5, 0.6) is 0 Å². The van der Waals surface area contributed by atoms with Crippen molar-refractivity contribution in [2.24, 2.45) is 17.3 Å².